The Hall–Kier alpha value is -1.00. The van der Waals surface area contributed by atoms with Gasteiger partial charge in [0.05, 0.1) is 18.2 Å². The maximum absolute atomic E-state index is 6.03. The average molecular weight is 412 g/mol. The zero-order valence-corrected chi connectivity index (χ0v) is 14.9. The summed E-state index contributed by atoms with van der Waals surface area (Å²) >= 11 is 7.04. The highest BCUT2D eigenvalue weighted by Gasteiger charge is 2.26. The van der Waals surface area contributed by atoms with Crippen molar-refractivity contribution in [1.82, 2.24) is 0 Å². The van der Waals surface area contributed by atoms with Gasteiger partial charge in [0.2, 0.25) is 0 Å². The number of halogens is 2. The minimum absolute atomic E-state index is 0.480. The Kier molecular flexibility index (Phi) is 4.55. The summed E-state index contributed by atoms with van der Waals surface area (Å²) in [6, 6.07) is 12.6. The van der Waals surface area contributed by atoms with Crippen LogP contribution >= 0.6 is 31.9 Å². The van der Waals surface area contributed by atoms with Crippen molar-refractivity contribution in [2.24, 2.45) is 0 Å². The molecule has 21 heavy (non-hydrogen) atoms. The van der Waals surface area contributed by atoms with Crippen LogP contribution < -0.4 is 9.47 Å². The monoisotopic (exact) mass is 410 g/mol. The number of hydrogen-bond acceptors (Lipinski definition) is 2. The fourth-order valence-electron chi connectivity index (χ4n) is 2.69. The summed E-state index contributed by atoms with van der Waals surface area (Å²) in [7, 11) is 1.67. The molecule has 0 saturated heterocycles. The molecule has 0 aliphatic heterocycles. The molecule has 0 radical (unpaired) electrons. The van der Waals surface area contributed by atoms with Gasteiger partial charge in [-0.25, -0.2) is 0 Å². The summed E-state index contributed by atoms with van der Waals surface area (Å²) in [4.78, 5) is 0. The number of methoxy groups -OCH3 is 1. The van der Waals surface area contributed by atoms with E-state index < -0.39 is 0 Å². The van der Waals surface area contributed by atoms with Crippen LogP contribution in [0.5, 0.6) is 11.5 Å². The molecule has 0 N–H and O–H groups in total. The minimum Gasteiger partial charge on any atom is -0.493 e. The minimum atomic E-state index is 0.480. The van der Waals surface area contributed by atoms with E-state index in [-0.39, 0.29) is 0 Å². The van der Waals surface area contributed by atoms with Gasteiger partial charge in [-0.05, 0) is 51.2 Å². The Morgan fingerprint density at radius 1 is 1.24 bits per heavy atom. The summed E-state index contributed by atoms with van der Waals surface area (Å²) in [5, 5.41) is 0.790. The van der Waals surface area contributed by atoms with Crippen LogP contribution in [0, 0.1) is 0 Å². The van der Waals surface area contributed by atoms with Crippen molar-refractivity contribution in [2.75, 3.05) is 13.7 Å². The van der Waals surface area contributed by atoms with Crippen LogP contribution in [0.25, 0.3) is 0 Å². The molecule has 3 rings (SSSR count). The van der Waals surface area contributed by atoms with Crippen LogP contribution in [0.2, 0.25) is 0 Å². The van der Waals surface area contributed by atoms with Gasteiger partial charge in [-0.15, -0.1) is 0 Å². The Balaban J connectivity index is 1.74. The fourth-order valence-corrected chi connectivity index (χ4v) is 3.61. The Bertz CT molecular complexity index is 655. The van der Waals surface area contributed by atoms with Gasteiger partial charge in [-0.2, -0.15) is 0 Å². The molecular formula is C17H16Br2O2. The highest BCUT2D eigenvalue weighted by atomic mass is 79.9. The fraction of sp³-hybridized carbons (Fsp3) is 0.294. The smallest absolute Gasteiger partial charge is 0.175 e. The number of ether oxygens (including phenoxy) is 2. The van der Waals surface area contributed by atoms with Crippen LogP contribution in [-0.2, 0) is 11.8 Å². The topological polar surface area (TPSA) is 18.5 Å². The van der Waals surface area contributed by atoms with Crippen LogP contribution in [0.1, 0.15) is 22.6 Å². The van der Waals surface area contributed by atoms with Gasteiger partial charge >= 0.3 is 0 Å². The molecule has 0 heterocycles. The molecule has 4 heteroatoms. The standard InChI is InChI=1S/C17H16Br2O2/c1-20-16-7-11(9-18)6-15(19)17(16)21-10-13-8-12-4-2-3-5-14(12)13/h2-7,13H,8-10H2,1H3. The first-order chi connectivity index (χ1) is 10.2. The lowest BCUT2D eigenvalue weighted by Gasteiger charge is -2.30. The molecule has 1 atom stereocenters. The molecule has 1 unspecified atom stereocenters. The van der Waals surface area contributed by atoms with Crippen LogP contribution in [0.15, 0.2) is 40.9 Å². The Morgan fingerprint density at radius 2 is 2.05 bits per heavy atom. The van der Waals surface area contributed by atoms with Crippen LogP contribution in [0.3, 0.4) is 0 Å². The highest BCUT2D eigenvalue weighted by Crippen LogP contribution is 2.40. The number of alkyl halides is 1. The first-order valence-corrected chi connectivity index (χ1v) is 8.77. The molecule has 0 bridgehead atoms. The number of benzene rings is 2. The van der Waals surface area contributed by atoms with Gasteiger partial charge in [0.25, 0.3) is 0 Å². The first kappa shape index (κ1) is 14.9. The molecule has 2 aromatic carbocycles. The lowest BCUT2D eigenvalue weighted by molar-refractivity contribution is 0.259. The highest BCUT2D eigenvalue weighted by molar-refractivity contribution is 9.10. The Labute approximate surface area is 141 Å². The van der Waals surface area contributed by atoms with E-state index >= 15 is 0 Å². The van der Waals surface area contributed by atoms with E-state index in [0.717, 1.165) is 33.3 Å². The van der Waals surface area contributed by atoms with E-state index in [4.69, 9.17) is 9.47 Å². The molecule has 110 valence electrons. The zero-order valence-electron chi connectivity index (χ0n) is 11.7. The van der Waals surface area contributed by atoms with E-state index in [1.54, 1.807) is 7.11 Å². The van der Waals surface area contributed by atoms with Crippen molar-refractivity contribution in [3.05, 3.63) is 57.6 Å². The molecule has 0 spiro atoms. The van der Waals surface area contributed by atoms with E-state index in [1.807, 2.05) is 6.07 Å². The van der Waals surface area contributed by atoms with Crippen molar-refractivity contribution in [3.63, 3.8) is 0 Å². The molecule has 0 amide bonds. The van der Waals surface area contributed by atoms with E-state index in [0.29, 0.717) is 12.5 Å². The molecule has 2 nitrogen and oxygen atoms in total. The van der Waals surface area contributed by atoms with Gasteiger partial charge in [0.1, 0.15) is 0 Å². The molecule has 0 saturated carbocycles. The quantitative estimate of drug-likeness (QED) is 0.639. The van der Waals surface area contributed by atoms with E-state index in [2.05, 4.69) is 62.2 Å². The molecule has 1 aliphatic rings. The summed E-state index contributed by atoms with van der Waals surface area (Å²) in [6.45, 7) is 0.680. The van der Waals surface area contributed by atoms with Crippen molar-refractivity contribution in [1.29, 1.82) is 0 Å². The second-order valence-corrected chi connectivity index (χ2v) is 6.57. The van der Waals surface area contributed by atoms with Gasteiger partial charge < -0.3 is 9.47 Å². The van der Waals surface area contributed by atoms with Crippen molar-refractivity contribution >= 4 is 31.9 Å². The van der Waals surface area contributed by atoms with Crippen molar-refractivity contribution in [3.8, 4) is 11.5 Å². The van der Waals surface area contributed by atoms with E-state index in [1.165, 1.54) is 11.1 Å². The van der Waals surface area contributed by atoms with Gasteiger partial charge in [0.15, 0.2) is 11.5 Å². The van der Waals surface area contributed by atoms with Gasteiger partial charge in [-0.3, -0.25) is 0 Å². The summed E-state index contributed by atoms with van der Waals surface area (Å²) in [5.74, 6) is 2.03. The predicted molar refractivity (Wildman–Crippen MR) is 91.7 cm³/mol. The third-order valence-corrected chi connectivity index (χ3v) is 5.07. The molecule has 0 fully saturated rings. The number of fused-ring (bicyclic) bond motifs is 1. The second-order valence-electron chi connectivity index (χ2n) is 5.15. The van der Waals surface area contributed by atoms with E-state index in [9.17, 15) is 0 Å². The van der Waals surface area contributed by atoms with Gasteiger partial charge in [-0.1, -0.05) is 40.2 Å². The third kappa shape index (κ3) is 2.97. The molecular weight excluding hydrogens is 396 g/mol. The lowest BCUT2D eigenvalue weighted by atomic mass is 9.78. The second kappa shape index (κ2) is 6.41. The average Bonchev–Trinajstić information content (AvgIpc) is 2.48. The summed E-state index contributed by atoms with van der Waals surface area (Å²) in [6.07, 6.45) is 1.09. The Morgan fingerprint density at radius 3 is 2.76 bits per heavy atom. The lowest BCUT2D eigenvalue weighted by Crippen LogP contribution is -2.23. The maximum atomic E-state index is 6.03. The van der Waals surface area contributed by atoms with Crippen LogP contribution in [-0.4, -0.2) is 13.7 Å². The van der Waals surface area contributed by atoms with Crippen molar-refractivity contribution in [2.45, 2.75) is 17.7 Å². The normalized spacial score (nSPS) is 16.0. The summed E-state index contributed by atoms with van der Waals surface area (Å²) < 4.78 is 12.4. The SMILES string of the molecule is COc1cc(CBr)cc(Br)c1OCC1Cc2ccccc21. The largest absolute Gasteiger partial charge is 0.493 e. The molecule has 0 aromatic heterocycles. The van der Waals surface area contributed by atoms with Crippen LogP contribution in [0.4, 0.5) is 0 Å². The predicted octanol–water partition coefficient (Wildman–Crippen LogP) is 5.07. The number of rotatable bonds is 5. The summed E-state index contributed by atoms with van der Waals surface area (Å²) in [5.41, 5.74) is 4.00. The maximum Gasteiger partial charge on any atom is 0.175 e. The van der Waals surface area contributed by atoms with Gasteiger partial charge in [0, 0.05) is 11.2 Å². The molecule has 2 aromatic rings. The first-order valence-electron chi connectivity index (χ1n) is 6.86. The van der Waals surface area contributed by atoms with Crippen molar-refractivity contribution < 1.29 is 9.47 Å². The number of hydrogen-bond donors (Lipinski definition) is 0. The zero-order chi connectivity index (χ0) is 14.8. The molecule has 1 aliphatic carbocycles. The third-order valence-electron chi connectivity index (χ3n) is 3.83.